The van der Waals surface area contributed by atoms with Crippen LogP contribution in [0.1, 0.15) is 36.1 Å². The summed E-state index contributed by atoms with van der Waals surface area (Å²) >= 11 is 0. The number of esters is 1. The second kappa shape index (κ2) is 11.4. The van der Waals surface area contributed by atoms with Crippen molar-refractivity contribution >= 4 is 5.97 Å². The Balaban J connectivity index is 1.54. The molecule has 0 saturated carbocycles. The number of hydrogen-bond acceptors (Lipinski definition) is 6. The summed E-state index contributed by atoms with van der Waals surface area (Å²) in [6.07, 6.45) is -5.76. The Morgan fingerprint density at radius 2 is 1.63 bits per heavy atom. The SMILES string of the molecule is CCCOC(=O)C(c1ccc(-c2ccc(C(F)(F)F)cc2C(F)(F)F)nc1)n1cc2nc(-c3ccccc3F)nc-2cn1. The van der Waals surface area contributed by atoms with E-state index in [1.807, 2.05) is 0 Å². The monoisotopic (exact) mass is 603 g/mol. The molecule has 5 rings (SSSR count). The van der Waals surface area contributed by atoms with E-state index < -0.39 is 46.9 Å². The van der Waals surface area contributed by atoms with Gasteiger partial charge in [-0.3, -0.25) is 9.67 Å². The van der Waals surface area contributed by atoms with Gasteiger partial charge in [0.1, 0.15) is 17.2 Å². The summed E-state index contributed by atoms with van der Waals surface area (Å²) in [5.41, 5.74) is -2.90. The van der Waals surface area contributed by atoms with Gasteiger partial charge < -0.3 is 4.74 Å². The maximum absolute atomic E-state index is 14.3. The van der Waals surface area contributed by atoms with Crippen molar-refractivity contribution in [2.45, 2.75) is 31.7 Å². The van der Waals surface area contributed by atoms with Crippen molar-refractivity contribution in [3.8, 4) is 34.0 Å². The van der Waals surface area contributed by atoms with Crippen LogP contribution >= 0.6 is 0 Å². The summed E-state index contributed by atoms with van der Waals surface area (Å²) in [6, 6.07) is 8.37. The maximum atomic E-state index is 14.3. The highest BCUT2D eigenvalue weighted by Gasteiger charge is 2.38. The van der Waals surface area contributed by atoms with E-state index >= 15 is 0 Å². The third kappa shape index (κ3) is 6.17. The lowest BCUT2D eigenvalue weighted by Crippen LogP contribution is -2.25. The van der Waals surface area contributed by atoms with Crippen molar-refractivity contribution < 1.29 is 40.3 Å². The highest BCUT2D eigenvalue weighted by Crippen LogP contribution is 2.40. The lowest BCUT2D eigenvalue weighted by molar-refractivity contribution is -0.147. The second-order valence-corrected chi connectivity index (χ2v) is 9.35. The van der Waals surface area contributed by atoms with Gasteiger partial charge >= 0.3 is 18.3 Å². The highest BCUT2D eigenvalue weighted by atomic mass is 19.4. The Labute approximate surface area is 239 Å². The summed E-state index contributed by atoms with van der Waals surface area (Å²) in [5, 5.41) is 4.24. The number of nitrogens with zero attached hydrogens (tertiary/aromatic N) is 5. The molecule has 0 bridgehead atoms. The zero-order valence-electron chi connectivity index (χ0n) is 22.1. The molecule has 3 heterocycles. The van der Waals surface area contributed by atoms with Gasteiger partial charge in [0.05, 0.1) is 41.4 Å². The van der Waals surface area contributed by atoms with Crippen LogP contribution in [0.15, 0.2) is 73.2 Å². The van der Waals surface area contributed by atoms with E-state index in [2.05, 4.69) is 20.1 Å². The first kappa shape index (κ1) is 29.6. The van der Waals surface area contributed by atoms with Gasteiger partial charge in [-0.1, -0.05) is 31.2 Å². The van der Waals surface area contributed by atoms with Crippen molar-refractivity contribution in [2.24, 2.45) is 0 Å². The molecule has 0 fully saturated rings. The number of imidazole rings is 1. The molecule has 2 aliphatic rings. The molecule has 0 radical (unpaired) electrons. The molecule has 7 nitrogen and oxygen atoms in total. The lowest BCUT2D eigenvalue weighted by atomic mass is 9.99. The summed E-state index contributed by atoms with van der Waals surface area (Å²) in [5.74, 6) is -1.19. The first-order chi connectivity index (χ1) is 20.4. The predicted molar refractivity (Wildman–Crippen MR) is 139 cm³/mol. The average molecular weight is 603 g/mol. The predicted octanol–water partition coefficient (Wildman–Crippen LogP) is 7.23. The van der Waals surface area contributed by atoms with Gasteiger partial charge in [0, 0.05) is 17.3 Å². The molecule has 1 unspecified atom stereocenters. The van der Waals surface area contributed by atoms with Crippen LogP contribution in [0.25, 0.3) is 34.0 Å². The van der Waals surface area contributed by atoms with E-state index in [9.17, 15) is 35.5 Å². The summed E-state index contributed by atoms with van der Waals surface area (Å²) < 4.78 is 101. The van der Waals surface area contributed by atoms with Gasteiger partial charge in [-0.15, -0.1) is 0 Å². The number of pyridine rings is 1. The van der Waals surface area contributed by atoms with Crippen LogP contribution in [0, 0.1) is 5.82 Å². The van der Waals surface area contributed by atoms with E-state index in [1.165, 1.54) is 41.3 Å². The molecule has 1 aromatic heterocycles. The number of hydrogen-bond donors (Lipinski definition) is 0. The standard InChI is InChI=1S/C29H20F7N5O2/c1-2-11-43-27(42)25(41-15-24-23(14-38-41)39-26(40-24)19-5-3-4-6-21(19)30)16-7-10-22(37-13-16)18-9-8-17(28(31,32)33)12-20(18)29(34,35)36/h3-10,12-15,25H,2,11H2,1H3. The molecule has 0 amide bonds. The first-order valence-electron chi connectivity index (χ1n) is 12.7. The van der Waals surface area contributed by atoms with E-state index in [-0.39, 0.29) is 41.0 Å². The smallest absolute Gasteiger partial charge is 0.417 e. The summed E-state index contributed by atoms with van der Waals surface area (Å²) in [4.78, 5) is 25.8. The van der Waals surface area contributed by atoms with Crippen molar-refractivity contribution in [1.82, 2.24) is 24.7 Å². The molecule has 222 valence electrons. The molecular formula is C29H20F7N5O2. The Kier molecular flexibility index (Phi) is 7.86. The van der Waals surface area contributed by atoms with Crippen LogP contribution in [-0.4, -0.2) is 37.3 Å². The molecule has 2 aromatic carbocycles. The van der Waals surface area contributed by atoms with Crippen molar-refractivity contribution in [2.75, 3.05) is 6.61 Å². The van der Waals surface area contributed by atoms with Crippen LogP contribution in [0.3, 0.4) is 0 Å². The van der Waals surface area contributed by atoms with E-state index in [0.29, 0.717) is 24.2 Å². The normalized spacial score (nSPS) is 12.8. The summed E-state index contributed by atoms with van der Waals surface area (Å²) in [7, 11) is 0. The molecule has 14 heteroatoms. The molecule has 1 atom stereocenters. The Hall–Kier alpha value is -4.88. The number of aromatic nitrogens is 5. The molecule has 3 aromatic rings. The zero-order valence-corrected chi connectivity index (χ0v) is 22.1. The highest BCUT2D eigenvalue weighted by molar-refractivity contribution is 5.78. The van der Waals surface area contributed by atoms with E-state index in [0.717, 1.165) is 12.3 Å². The van der Waals surface area contributed by atoms with E-state index in [1.54, 1.807) is 13.0 Å². The van der Waals surface area contributed by atoms with Crippen LogP contribution in [0.4, 0.5) is 30.7 Å². The number of rotatable bonds is 7. The number of carbonyl (C=O) groups excluding carboxylic acids is 1. The van der Waals surface area contributed by atoms with Crippen LogP contribution in [0.2, 0.25) is 0 Å². The fraction of sp³-hybridized carbons (Fsp3) is 0.207. The number of carbonyl (C=O) groups is 1. The van der Waals surface area contributed by atoms with Crippen molar-refractivity contribution in [1.29, 1.82) is 0 Å². The van der Waals surface area contributed by atoms with Crippen LogP contribution in [-0.2, 0) is 21.9 Å². The van der Waals surface area contributed by atoms with Crippen molar-refractivity contribution in [3.05, 3.63) is 95.7 Å². The zero-order chi connectivity index (χ0) is 30.9. The van der Waals surface area contributed by atoms with Gasteiger partial charge in [-0.05, 0) is 36.8 Å². The molecule has 0 aliphatic carbocycles. The first-order valence-corrected chi connectivity index (χ1v) is 12.7. The van der Waals surface area contributed by atoms with Gasteiger partial charge in [0.25, 0.3) is 0 Å². The molecule has 43 heavy (non-hydrogen) atoms. The molecule has 2 aliphatic heterocycles. The third-order valence-electron chi connectivity index (χ3n) is 6.36. The van der Waals surface area contributed by atoms with Gasteiger partial charge in [-0.25, -0.2) is 19.2 Å². The average Bonchev–Trinajstić information content (AvgIpc) is 3.39. The van der Waals surface area contributed by atoms with E-state index in [4.69, 9.17) is 4.74 Å². The Morgan fingerprint density at radius 3 is 2.28 bits per heavy atom. The topological polar surface area (TPSA) is 82.8 Å². The van der Waals surface area contributed by atoms with Crippen molar-refractivity contribution in [3.63, 3.8) is 0 Å². The minimum Gasteiger partial charge on any atom is -0.464 e. The van der Waals surface area contributed by atoms with Crippen LogP contribution in [0.5, 0.6) is 0 Å². The fourth-order valence-corrected chi connectivity index (χ4v) is 4.33. The number of alkyl halides is 6. The van der Waals surface area contributed by atoms with Gasteiger partial charge in [-0.2, -0.15) is 31.4 Å². The minimum absolute atomic E-state index is 0.0291. The second-order valence-electron chi connectivity index (χ2n) is 9.35. The molecular weight excluding hydrogens is 583 g/mol. The number of benzene rings is 2. The molecule has 0 spiro atoms. The lowest BCUT2D eigenvalue weighted by Gasteiger charge is -2.19. The molecule has 0 saturated heterocycles. The minimum atomic E-state index is -5.10. The quantitative estimate of drug-likeness (QED) is 0.144. The molecule has 0 N–H and O–H groups in total. The van der Waals surface area contributed by atoms with Gasteiger partial charge in [0.15, 0.2) is 11.9 Å². The fourth-order valence-electron chi connectivity index (χ4n) is 4.33. The van der Waals surface area contributed by atoms with Crippen LogP contribution < -0.4 is 0 Å². The summed E-state index contributed by atoms with van der Waals surface area (Å²) in [6.45, 7) is 1.85. The Bertz CT molecular complexity index is 1730. The number of fused-ring (bicyclic) bond motifs is 1. The largest absolute Gasteiger partial charge is 0.464 e. The van der Waals surface area contributed by atoms with Gasteiger partial charge in [0.2, 0.25) is 0 Å². The number of ether oxygens (including phenoxy) is 1. The Morgan fingerprint density at radius 1 is 0.884 bits per heavy atom. The number of halogens is 7. The third-order valence-corrected chi connectivity index (χ3v) is 6.36. The maximum Gasteiger partial charge on any atom is 0.417 e.